The average Bonchev–Trinajstić information content (AvgIpc) is 3.31. The number of benzene rings is 1. The summed E-state index contributed by atoms with van der Waals surface area (Å²) in [7, 11) is 2.03. The quantitative estimate of drug-likeness (QED) is 0.702. The molecule has 0 bridgehead atoms. The van der Waals surface area contributed by atoms with E-state index in [1.54, 1.807) is 23.5 Å². The van der Waals surface area contributed by atoms with Crippen molar-refractivity contribution in [1.82, 2.24) is 24.8 Å². The maximum atomic E-state index is 11.2. The fraction of sp³-hybridized carbons (Fsp3) is 0.316. The predicted molar refractivity (Wildman–Crippen MR) is 105 cm³/mol. The van der Waals surface area contributed by atoms with Crippen molar-refractivity contribution in [3.05, 3.63) is 59.1 Å². The number of carbonyl (C=O) groups excluding carboxylic acids is 1. The molecular formula is C19H22N6OS. The Balaban J connectivity index is 1.51. The van der Waals surface area contributed by atoms with Gasteiger partial charge in [0.2, 0.25) is 5.91 Å². The topological polar surface area (TPSA) is 89.1 Å². The molecule has 2 aromatic heterocycles. The second kappa shape index (κ2) is 7.59. The molecule has 1 amide bonds. The highest BCUT2D eigenvalue weighted by atomic mass is 32.1. The van der Waals surface area contributed by atoms with E-state index in [9.17, 15) is 4.79 Å². The molecule has 1 aliphatic rings. The van der Waals surface area contributed by atoms with Crippen LogP contribution in [-0.2, 0) is 13.6 Å². The maximum Gasteiger partial charge on any atom is 0.248 e. The second-order valence-corrected chi connectivity index (χ2v) is 7.53. The zero-order chi connectivity index (χ0) is 18.8. The Morgan fingerprint density at radius 2 is 2.19 bits per heavy atom. The van der Waals surface area contributed by atoms with Gasteiger partial charge >= 0.3 is 0 Å². The standard InChI is InChI=1S/C19H22N6OS/c1-24-8-7-22-18(24)16-10-21-6-9-25(16)11-15-12-27-19(23-15)14-4-2-13(3-5-14)17(20)26/h2-5,7-8,12,16,21H,6,9-11H2,1H3,(H2,20,26). The summed E-state index contributed by atoms with van der Waals surface area (Å²) in [4.78, 5) is 23.0. The molecular weight excluding hydrogens is 360 g/mol. The van der Waals surface area contributed by atoms with Gasteiger partial charge in [-0.15, -0.1) is 11.3 Å². The van der Waals surface area contributed by atoms with Crippen molar-refractivity contribution in [3.63, 3.8) is 0 Å². The molecule has 27 heavy (non-hydrogen) atoms. The zero-order valence-electron chi connectivity index (χ0n) is 15.1. The third-order valence-corrected chi connectivity index (χ3v) is 5.78. The van der Waals surface area contributed by atoms with Gasteiger partial charge in [0.05, 0.1) is 11.7 Å². The molecule has 0 saturated carbocycles. The van der Waals surface area contributed by atoms with Crippen molar-refractivity contribution in [2.75, 3.05) is 19.6 Å². The van der Waals surface area contributed by atoms with Crippen molar-refractivity contribution in [2.24, 2.45) is 12.8 Å². The number of primary amides is 1. The van der Waals surface area contributed by atoms with E-state index in [-0.39, 0.29) is 6.04 Å². The largest absolute Gasteiger partial charge is 0.366 e. The first-order valence-corrected chi connectivity index (χ1v) is 9.76. The van der Waals surface area contributed by atoms with Crippen LogP contribution in [0.3, 0.4) is 0 Å². The number of hydrogen-bond donors (Lipinski definition) is 2. The first kappa shape index (κ1) is 17.8. The van der Waals surface area contributed by atoms with Crippen LogP contribution in [0.15, 0.2) is 42.0 Å². The Hall–Kier alpha value is -2.55. The van der Waals surface area contributed by atoms with Gasteiger partial charge in [-0.25, -0.2) is 9.97 Å². The lowest BCUT2D eigenvalue weighted by Gasteiger charge is -2.35. The van der Waals surface area contributed by atoms with Crippen LogP contribution in [0.1, 0.15) is 27.9 Å². The number of nitrogens with one attached hydrogen (secondary N) is 1. The fourth-order valence-electron chi connectivity index (χ4n) is 3.39. The highest BCUT2D eigenvalue weighted by Gasteiger charge is 2.27. The normalized spacial score (nSPS) is 17.9. The third-order valence-electron chi connectivity index (χ3n) is 4.84. The number of nitrogens with zero attached hydrogens (tertiary/aromatic N) is 4. The molecule has 1 fully saturated rings. The van der Waals surface area contributed by atoms with Crippen LogP contribution in [0.2, 0.25) is 0 Å². The number of amides is 1. The highest BCUT2D eigenvalue weighted by molar-refractivity contribution is 7.13. The van der Waals surface area contributed by atoms with Crippen molar-refractivity contribution in [3.8, 4) is 10.6 Å². The fourth-order valence-corrected chi connectivity index (χ4v) is 4.20. The van der Waals surface area contributed by atoms with Crippen molar-refractivity contribution >= 4 is 17.2 Å². The molecule has 0 spiro atoms. The molecule has 3 aromatic rings. The third kappa shape index (κ3) is 3.78. The number of aromatic nitrogens is 3. The second-order valence-electron chi connectivity index (χ2n) is 6.67. The van der Waals surface area contributed by atoms with Crippen molar-refractivity contribution in [1.29, 1.82) is 0 Å². The summed E-state index contributed by atoms with van der Waals surface area (Å²) in [5, 5.41) is 6.52. The minimum atomic E-state index is -0.416. The van der Waals surface area contributed by atoms with E-state index in [1.807, 2.05) is 31.6 Å². The van der Waals surface area contributed by atoms with Gasteiger partial charge in [0.25, 0.3) is 0 Å². The Bertz CT molecular complexity index is 932. The summed E-state index contributed by atoms with van der Waals surface area (Å²) in [5.74, 6) is 0.653. The van der Waals surface area contributed by atoms with Gasteiger partial charge in [-0.05, 0) is 12.1 Å². The summed E-state index contributed by atoms with van der Waals surface area (Å²) >= 11 is 1.62. The SMILES string of the molecule is Cn1ccnc1C1CNCCN1Cc1csc(-c2ccc(C(N)=O)cc2)n1. The lowest BCUT2D eigenvalue weighted by molar-refractivity contribution is 0.100. The number of rotatable bonds is 5. The molecule has 3 N–H and O–H groups in total. The molecule has 8 heteroatoms. The molecule has 140 valence electrons. The molecule has 1 saturated heterocycles. The Kier molecular flexibility index (Phi) is 5.02. The molecule has 1 unspecified atom stereocenters. The van der Waals surface area contributed by atoms with E-state index in [0.29, 0.717) is 5.56 Å². The maximum absolute atomic E-state index is 11.2. The number of aryl methyl sites for hydroxylation is 1. The number of nitrogens with two attached hydrogens (primary N) is 1. The molecule has 7 nitrogen and oxygen atoms in total. The molecule has 0 aliphatic carbocycles. The highest BCUT2D eigenvalue weighted by Crippen LogP contribution is 2.27. The number of thiazole rings is 1. The van der Waals surface area contributed by atoms with Crippen molar-refractivity contribution in [2.45, 2.75) is 12.6 Å². The van der Waals surface area contributed by atoms with Crippen LogP contribution in [0.4, 0.5) is 0 Å². The Morgan fingerprint density at radius 1 is 1.37 bits per heavy atom. The van der Waals surface area contributed by atoms with Crippen molar-refractivity contribution < 1.29 is 4.79 Å². The monoisotopic (exact) mass is 382 g/mol. The minimum absolute atomic E-state index is 0.235. The van der Waals surface area contributed by atoms with E-state index in [0.717, 1.165) is 48.3 Å². The molecule has 1 aromatic carbocycles. The number of carbonyl (C=O) groups is 1. The summed E-state index contributed by atoms with van der Waals surface area (Å²) in [6.45, 7) is 3.59. The molecule has 1 aliphatic heterocycles. The number of hydrogen-bond acceptors (Lipinski definition) is 6. The van der Waals surface area contributed by atoms with Gasteiger partial charge in [-0.3, -0.25) is 9.69 Å². The average molecular weight is 382 g/mol. The first-order chi connectivity index (χ1) is 13.1. The molecule has 4 rings (SSSR count). The smallest absolute Gasteiger partial charge is 0.248 e. The zero-order valence-corrected chi connectivity index (χ0v) is 15.9. The van der Waals surface area contributed by atoms with Crippen LogP contribution in [-0.4, -0.2) is 45.0 Å². The predicted octanol–water partition coefficient (Wildman–Crippen LogP) is 1.79. The van der Waals surface area contributed by atoms with E-state index < -0.39 is 5.91 Å². The lowest BCUT2D eigenvalue weighted by atomic mass is 10.1. The minimum Gasteiger partial charge on any atom is -0.366 e. The van der Waals surface area contributed by atoms with E-state index in [2.05, 4.69) is 25.1 Å². The lowest BCUT2D eigenvalue weighted by Crippen LogP contribution is -2.46. The number of imidazole rings is 1. The van der Waals surface area contributed by atoms with Gasteiger partial charge < -0.3 is 15.6 Å². The van der Waals surface area contributed by atoms with Crippen LogP contribution < -0.4 is 11.1 Å². The van der Waals surface area contributed by atoms with Gasteiger partial charge in [0.15, 0.2) is 0 Å². The van der Waals surface area contributed by atoms with E-state index in [1.165, 1.54) is 0 Å². The molecule has 3 heterocycles. The first-order valence-electron chi connectivity index (χ1n) is 8.88. The van der Waals surface area contributed by atoms with E-state index >= 15 is 0 Å². The van der Waals surface area contributed by atoms with Gasteiger partial charge in [-0.2, -0.15) is 0 Å². The molecule has 1 atom stereocenters. The van der Waals surface area contributed by atoms with Crippen LogP contribution >= 0.6 is 11.3 Å². The molecule has 0 radical (unpaired) electrons. The summed E-state index contributed by atoms with van der Waals surface area (Å²) in [5.41, 5.74) is 7.86. The van der Waals surface area contributed by atoms with Gasteiger partial charge in [0.1, 0.15) is 10.8 Å². The Labute approximate surface area is 161 Å². The van der Waals surface area contributed by atoms with Crippen LogP contribution in [0.5, 0.6) is 0 Å². The van der Waals surface area contributed by atoms with E-state index in [4.69, 9.17) is 10.7 Å². The van der Waals surface area contributed by atoms with Crippen LogP contribution in [0.25, 0.3) is 10.6 Å². The number of piperazine rings is 1. The van der Waals surface area contributed by atoms with Gasteiger partial charge in [-0.1, -0.05) is 12.1 Å². The summed E-state index contributed by atoms with van der Waals surface area (Å²) in [6.07, 6.45) is 3.83. The van der Waals surface area contributed by atoms with Gasteiger partial charge in [0, 0.05) is 62.1 Å². The summed E-state index contributed by atoms with van der Waals surface area (Å²) in [6, 6.07) is 7.51. The van der Waals surface area contributed by atoms with Crippen LogP contribution in [0, 0.1) is 0 Å². The Morgan fingerprint density at radius 3 is 2.89 bits per heavy atom. The summed E-state index contributed by atoms with van der Waals surface area (Å²) < 4.78 is 2.08.